The Kier molecular flexibility index (Phi) is 3.36. The van der Waals surface area contributed by atoms with Gasteiger partial charge in [0.2, 0.25) is 0 Å². The van der Waals surface area contributed by atoms with Gasteiger partial charge in [0.25, 0.3) is 0 Å². The molecule has 0 spiro atoms. The molecule has 1 aromatic rings. The van der Waals surface area contributed by atoms with Gasteiger partial charge in [-0.1, -0.05) is 0 Å². The maximum atomic E-state index is 5.82. The number of rotatable bonds is 3. The number of benzene rings is 1. The van der Waals surface area contributed by atoms with Gasteiger partial charge in [-0.25, -0.2) is 0 Å². The van der Waals surface area contributed by atoms with Crippen LogP contribution in [0.2, 0.25) is 0 Å². The predicted octanol–water partition coefficient (Wildman–Crippen LogP) is 2.08. The van der Waals surface area contributed by atoms with Crippen molar-refractivity contribution in [1.82, 2.24) is 0 Å². The average Bonchev–Trinajstić information content (AvgIpc) is 2.07. The predicted molar refractivity (Wildman–Crippen MR) is 59.2 cm³/mol. The van der Waals surface area contributed by atoms with E-state index in [1.807, 2.05) is 39.0 Å². The molecule has 0 fully saturated rings. The molecule has 1 atom stereocenters. The first-order valence-corrected chi connectivity index (χ1v) is 4.82. The van der Waals surface area contributed by atoms with Gasteiger partial charge in [0, 0.05) is 17.3 Å². The molecule has 1 aromatic carbocycles. The number of nitrogen functional groups attached to an aromatic ring is 1. The van der Waals surface area contributed by atoms with Crippen molar-refractivity contribution in [3.63, 3.8) is 0 Å². The molecule has 78 valence electrons. The van der Waals surface area contributed by atoms with E-state index in [2.05, 4.69) is 0 Å². The van der Waals surface area contributed by atoms with Gasteiger partial charge in [-0.2, -0.15) is 0 Å². The largest absolute Gasteiger partial charge is 0.491 e. The average molecular weight is 194 g/mol. The second kappa shape index (κ2) is 4.33. The lowest BCUT2D eigenvalue weighted by Gasteiger charge is -2.16. The third-order valence-electron chi connectivity index (χ3n) is 1.89. The van der Waals surface area contributed by atoms with Crippen LogP contribution in [0.1, 0.15) is 32.4 Å². The van der Waals surface area contributed by atoms with Crippen molar-refractivity contribution in [2.24, 2.45) is 5.73 Å². The SMILES string of the molecule is CC(C)Oc1ccc(N)cc1C(C)N. The maximum Gasteiger partial charge on any atom is 0.124 e. The zero-order chi connectivity index (χ0) is 10.7. The Morgan fingerprint density at radius 1 is 1.21 bits per heavy atom. The summed E-state index contributed by atoms with van der Waals surface area (Å²) < 4.78 is 5.63. The monoisotopic (exact) mass is 194 g/mol. The second-order valence-corrected chi connectivity index (χ2v) is 3.75. The van der Waals surface area contributed by atoms with Crippen molar-refractivity contribution in [1.29, 1.82) is 0 Å². The van der Waals surface area contributed by atoms with E-state index in [9.17, 15) is 0 Å². The van der Waals surface area contributed by atoms with Crippen molar-refractivity contribution >= 4 is 5.69 Å². The highest BCUT2D eigenvalue weighted by molar-refractivity contribution is 5.49. The molecule has 1 rings (SSSR count). The van der Waals surface area contributed by atoms with Crippen LogP contribution in [0, 0.1) is 0 Å². The van der Waals surface area contributed by atoms with Gasteiger partial charge in [-0.3, -0.25) is 0 Å². The Morgan fingerprint density at radius 2 is 1.86 bits per heavy atom. The second-order valence-electron chi connectivity index (χ2n) is 3.75. The fourth-order valence-electron chi connectivity index (χ4n) is 1.28. The quantitative estimate of drug-likeness (QED) is 0.724. The molecule has 0 aromatic heterocycles. The Bertz CT molecular complexity index is 308. The van der Waals surface area contributed by atoms with Crippen molar-refractivity contribution in [3.05, 3.63) is 23.8 Å². The van der Waals surface area contributed by atoms with E-state index in [0.29, 0.717) is 5.69 Å². The molecule has 0 radical (unpaired) electrons. The van der Waals surface area contributed by atoms with Crippen LogP contribution in [0.4, 0.5) is 5.69 Å². The summed E-state index contributed by atoms with van der Waals surface area (Å²) in [6.07, 6.45) is 0.149. The molecule has 0 bridgehead atoms. The molecule has 1 unspecified atom stereocenters. The standard InChI is InChI=1S/C11H18N2O/c1-7(2)14-11-5-4-9(13)6-10(11)8(3)12/h4-8H,12-13H2,1-3H3. The molecule has 0 saturated carbocycles. The Morgan fingerprint density at radius 3 is 2.36 bits per heavy atom. The van der Waals surface area contributed by atoms with Gasteiger partial charge in [0.15, 0.2) is 0 Å². The third kappa shape index (κ3) is 2.64. The third-order valence-corrected chi connectivity index (χ3v) is 1.89. The molecule has 0 amide bonds. The molecule has 0 heterocycles. The van der Waals surface area contributed by atoms with E-state index >= 15 is 0 Å². The summed E-state index contributed by atoms with van der Waals surface area (Å²) in [6.45, 7) is 5.89. The maximum absolute atomic E-state index is 5.82. The normalized spacial score (nSPS) is 12.9. The van der Waals surface area contributed by atoms with Gasteiger partial charge in [0.1, 0.15) is 5.75 Å². The topological polar surface area (TPSA) is 61.3 Å². The lowest BCUT2D eigenvalue weighted by molar-refractivity contribution is 0.239. The van der Waals surface area contributed by atoms with E-state index in [1.54, 1.807) is 0 Å². The molecule has 0 aliphatic rings. The van der Waals surface area contributed by atoms with E-state index in [4.69, 9.17) is 16.2 Å². The van der Waals surface area contributed by atoms with E-state index in [-0.39, 0.29) is 12.1 Å². The number of nitrogens with two attached hydrogens (primary N) is 2. The Hall–Kier alpha value is -1.22. The van der Waals surface area contributed by atoms with Gasteiger partial charge in [-0.15, -0.1) is 0 Å². The number of hydrogen-bond acceptors (Lipinski definition) is 3. The summed E-state index contributed by atoms with van der Waals surface area (Å²) in [6, 6.07) is 5.49. The molecular formula is C11H18N2O. The zero-order valence-electron chi connectivity index (χ0n) is 8.95. The van der Waals surface area contributed by atoms with Gasteiger partial charge < -0.3 is 16.2 Å². The lowest BCUT2D eigenvalue weighted by atomic mass is 10.1. The smallest absolute Gasteiger partial charge is 0.124 e. The van der Waals surface area contributed by atoms with Crippen LogP contribution >= 0.6 is 0 Å². The molecule has 4 N–H and O–H groups in total. The fourth-order valence-corrected chi connectivity index (χ4v) is 1.28. The summed E-state index contributed by atoms with van der Waals surface area (Å²) in [7, 11) is 0. The minimum absolute atomic E-state index is 0.0627. The van der Waals surface area contributed by atoms with Crippen LogP contribution in [0.3, 0.4) is 0 Å². The van der Waals surface area contributed by atoms with Crippen LogP contribution in [0.5, 0.6) is 5.75 Å². The Labute approximate surface area is 85.0 Å². The molecule has 14 heavy (non-hydrogen) atoms. The first-order chi connectivity index (χ1) is 6.50. The van der Waals surface area contributed by atoms with Gasteiger partial charge >= 0.3 is 0 Å². The summed E-state index contributed by atoms with van der Waals surface area (Å²) >= 11 is 0. The zero-order valence-corrected chi connectivity index (χ0v) is 8.95. The Balaban J connectivity index is 3.02. The van der Waals surface area contributed by atoms with E-state index in [1.165, 1.54) is 0 Å². The minimum atomic E-state index is -0.0627. The molecule has 0 saturated heterocycles. The summed E-state index contributed by atoms with van der Waals surface area (Å²) in [4.78, 5) is 0. The molecule has 0 aliphatic heterocycles. The fraction of sp³-hybridized carbons (Fsp3) is 0.455. The first kappa shape index (κ1) is 10.9. The van der Waals surface area contributed by atoms with Gasteiger partial charge in [-0.05, 0) is 39.0 Å². The van der Waals surface area contributed by atoms with Crippen molar-refractivity contribution in [2.75, 3.05) is 5.73 Å². The van der Waals surface area contributed by atoms with Crippen LogP contribution in [0.25, 0.3) is 0 Å². The lowest BCUT2D eigenvalue weighted by Crippen LogP contribution is -2.12. The van der Waals surface area contributed by atoms with E-state index in [0.717, 1.165) is 11.3 Å². The van der Waals surface area contributed by atoms with Crippen molar-refractivity contribution in [3.8, 4) is 5.75 Å². The summed E-state index contributed by atoms with van der Waals surface area (Å²) in [5, 5.41) is 0. The highest BCUT2D eigenvalue weighted by atomic mass is 16.5. The summed E-state index contributed by atoms with van der Waals surface area (Å²) in [5.41, 5.74) is 13.2. The molecular weight excluding hydrogens is 176 g/mol. The van der Waals surface area contributed by atoms with E-state index < -0.39 is 0 Å². The number of hydrogen-bond donors (Lipinski definition) is 2. The number of anilines is 1. The van der Waals surface area contributed by atoms with Crippen LogP contribution in [-0.2, 0) is 0 Å². The van der Waals surface area contributed by atoms with Gasteiger partial charge in [0.05, 0.1) is 6.10 Å². The first-order valence-electron chi connectivity index (χ1n) is 4.82. The highest BCUT2D eigenvalue weighted by Gasteiger charge is 2.09. The molecule has 0 aliphatic carbocycles. The number of ether oxygens (including phenoxy) is 1. The summed E-state index contributed by atoms with van der Waals surface area (Å²) in [5.74, 6) is 0.823. The van der Waals surface area contributed by atoms with Crippen LogP contribution in [-0.4, -0.2) is 6.10 Å². The van der Waals surface area contributed by atoms with Crippen LogP contribution < -0.4 is 16.2 Å². The highest BCUT2D eigenvalue weighted by Crippen LogP contribution is 2.26. The van der Waals surface area contributed by atoms with Crippen LogP contribution in [0.15, 0.2) is 18.2 Å². The minimum Gasteiger partial charge on any atom is -0.491 e. The van der Waals surface area contributed by atoms with Crippen molar-refractivity contribution < 1.29 is 4.74 Å². The van der Waals surface area contributed by atoms with Crippen molar-refractivity contribution in [2.45, 2.75) is 32.9 Å². The molecule has 3 heteroatoms. The molecule has 3 nitrogen and oxygen atoms in total.